The number of hydrogen-bond acceptors (Lipinski definition) is 8. The molecule has 1 saturated carbocycles. The van der Waals surface area contributed by atoms with Crippen LogP contribution in [0.3, 0.4) is 0 Å². The minimum absolute atomic E-state index is 0.482. The summed E-state index contributed by atoms with van der Waals surface area (Å²) in [6, 6.07) is 5.25. The van der Waals surface area contributed by atoms with Crippen molar-refractivity contribution in [2.24, 2.45) is 5.92 Å². The molecule has 0 aromatic carbocycles. The average molecular weight is 446 g/mol. The second-order valence-electron chi connectivity index (χ2n) is 8.54. The highest BCUT2D eigenvalue weighted by Crippen LogP contribution is 2.28. The third-order valence-corrected chi connectivity index (χ3v) is 7.06. The monoisotopic (exact) mass is 445 g/mol. The second-order valence-corrected chi connectivity index (χ2v) is 9.40. The molecule has 0 radical (unpaired) electrons. The smallest absolute Gasteiger partial charge is 0.183 e. The fraction of sp³-hybridized carbons (Fsp3) is 0.652. The zero-order valence-electron chi connectivity index (χ0n) is 18.4. The Balaban J connectivity index is 1.26. The first kappa shape index (κ1) is 22.5. The predicted octanol–water partition coefficient (Wildman–Crippen LogP) is 4.00. The minimum Gasteiger partial charge on any atom is -0.383 e. The zero-order valence-corrected chi connectivity index (χ0v) is 19.3. The molecule has 0 bridgehead atoms. The normalized spacial score (nSPS) is 22.4. The number of nitrogens with zero attached hydrogens (tertiary/aromatic N) is 2. The first-order chi connectivity index (χ1) is 15.3. The van der Waals surface area contributed by atoms with Crippen molar-refractivity contribution in [1.82, 2.24) is 15.3 Å². The van der Waals surface area contributed by atoms with Crippen LogP contribution >= 0.6 is 11.3 Å². The van der Waals surface area contributed by atoms with E-state index in [2.05, 4.69) is 32.4 Å². The molecule has 2 fully saturated rings. The molecule has 0 unspecified atom stereocenters. The average Bonchev–Trinajstić information content (AvgIpc) is 3.29. The van der Waals surface area contributed by atoms with Crippen LogP contribution in [0.2, 0.25) is 0 Å². The standard InChI is InChI=1S/C23H35N5O2S/c1-29-13-10-24-19-2-4-20(5-3-19)27-22-14-18(6-9-25-22)21-16-31-23(28-21)26-15-17-7-11-30-12-8-17/h6,9,14,16-17,19-20,24H,2-5,7-8,10-13,15H2,1H3,(H,25,27)(H,26,28)/t19-,20-. The molecule has 1 aliphatic heterocycles. The Hall–Kier alpha value is -1.74. The van der Waals surface area contributed by atoms with Gasteiger partial charge in [-0.1, -0.05) is 0 Å². The van der Waals surface area contributed by atoms with Crippen LogP contribution in [0, 0.1) is 5.92 Å². The van der Waals surface area contributed by atoms with Crippen LogP contribution in [0.5, 0.6) is 0 Å². The lowest BCUT2D eigenvalue weighted by molar-refractivity contribution is 0.0699. The molecule has 0 atom stereocenters. The SMILES string of the molecule is COCCN[C@H]1CC[C@H](Nc2cc(-c3csc(NCC4CCOCC4)n3)ccn2)CC1. The Kier molecular flexibility index (Phi) is 8.52. The van der Waals surface area contributed by atoms with Gasteiger partial charge in [0.15, 0.2) is 5.13 Å². The largest absolute Gasteiger partial charge is 0.383 e. The van der Waals surface area contributed by atoms with Gasteiger partial charge in [-0.3, -0.25) is 0 Å². The number of pyridine rings is 1. The molecule has 0 spiro atoms. The molecular formula is C23H35N5O2S. The van der Waals surface area contributed by atoms with Crippen molar-refractivity contribution in [3.05, 3.63) is 23.7 Å². The molecule has 170 valence electrons. The van der Waals surface area contributed by atoms with Crippen molar-refractivity contribution in [1.29, 1.82) is 0 Å². The van der Waals surface area contributed by atoms with E-state index >= 15 is 0 Å². The van der Waals surface area contributed by atoms with Gasteiger partial charge in [0.05, 0.1) is 12.3 Å². The van der Waals surface area contributed by atoms with Gasteiger partial charge in [-0.05, 0) is 56.6 Å². The molecule has 4 rings (SSSR count). The van der Waals surface area contributed by atoms with Crippen molar-refractivity contribution in [2.75, 3.05) is 50.7 Å². The molecule has 1 saturated heterocycles. The summed E-state index contributed by atoms with van der Waals surface area (Å²) in [6.07, 6.45) is 8.85. The quantitative estimate of drug-likeness (QED) is 0.477. The van der Waals surface area contributed by atoms with Crippen LogP contribution in [0.1, 0.15) is 38.5 Å². The zero-order chi connectivity index (χ0) is 21.3. The number of methoxy groups -OCH3 is 1. The summed E-state index contributed by atoms with van der Waals surface area (Å²) >= 11 is 1.67. The molecule has 7 nitrogen and oxygen atoms in total. The maximum atomic E-state index is 5.44. The van der Waals surface area contributed by atoms with E-state index < -0.39 is 0 Å². The van der Waals surface area contributed by atoms with Gasteiger partial charge in [0.2, 0.25) is 0 Å². The van der Waals surface area contributed by atoms with Gasteiger partial charge in [0, 0.05) is 62.6 Å². The lowest BCUT2D eigenvalue weighted by Crippen LogP contribution is -2.38. The molecule has 31 heavy (non-hydrogen) atoms. The number of thiazole rings is 1. The fourth-order valence-electron chi connectivity index (χ4n) is 4.35. The topological polar surface area (TPSA) is 80.3 Å². The summed E-state index contributed by atoms with van der Waals surface area (Å²) in [5, 5.41) is 13.9. The summed E-state index contributed by atoms with van der Waals surface area (Å²) in [6.45, 7) is 4.45. The lowest BCUT2D eigenvalue weighted by Gasteiger charge is -2.30. The summed E-state index contributed by atoms with van der Waals surface area (Å²) < 4.78 is 10.6. The molecule has 2 aromatic rings. The van der Waals surface area contributed by atoms with Gasteiger partial charge in [-0.25, -0.2) is 9.97 Å². The first-order valence-corrected chi connectivity index (χ1v) is 12.4. The molecule has 0 amide bonds. The lowest BCUT2D eigenvalue weighted by atomic mass is 9.91. The second kappa shape index (κ2) is 11.8. The molecule has 1 aliphatic carbocycles. The summed E-state index contributed by atoms with van der Waals surface area (Å²) in [5.74, 6) is 1.63. The van der Waals surface area contributed by atoms with Gasteiger partial charge >= 0.3 is 0 Å². The predicted molar refractivity (Wildman–Crippen MR) is 127 cm³/mol. The minimum atomic E-state index is 0.482. The van der Waals surface area contributed by atoms with E-state index in [-0.39, 0.29) is 0 Å². The number of ether oxygens (including phenoxy) is 2. The van der Waals surface area contributed by atoms with Gasteiger partial charge < -0.3 is 25.4 Å². The van der Waals surface area contributed by atoms with Crippen molar-refractivity contribution < 1.29 is 9.47 Å². The number of anilines is 2. The number of rotatable bonds is 10. The maximum absolute atomic E-state index is 5.44. The molecular weight excluding hydrogens is 410 g/mol. The fourth-order valence-corrected chi connectivity index (χ4v) is 5.08. The Morgan fingerprint density at radius 3 is 2.74 bits per heavy atom. The highest BCUT2D eigenvalue weighted by atomic mass is 32.1. The van der Waals surface area contributed by atoms with Gasteiger partial charge in [0.1, 0.15) is 5.82 Å². The van der Waals surface area contributed by atoms with Crippen LogP contribution < -0.4 is 16.0 Å². The van der Waals surface area contributed by atoms with Crippen molar-refractivity contribution in [3.63, 3.8) is 0 Å². The highest BCUT2D eigenvalue weighted by molar-refractivity contribution is 7.14. The first-order valence-electron chi connectivity index (χ1n) is 11.5. The van der Waals surface area contributed by atoms with E-state index in [1.54, 1.807) is 18.4 Å². The summed E-state index contributed by atoms with van der Waals surface area (Å²) in [7, 11) is 1.75. The van der Waals surface area contributed by atoms with E-state index in [0.29, 0.717) is 18.0 Å². The molecule has 2 aliphatic rings. The van der Waals surface area contributed by atoms with Crippen LogP contribution in [0.4, 0.5) is 10.9 Å². The molecule has 2 aromatic heterocycles. The van der Waals surface area contributed by atoms with E-state index in [9.17, 15) is 0 Å². The maximum Gasteiger partial charge on any atom is 0.183 e. The van der Waals surface area contributed by atoms with Crippen molar-refractivity contribution in [3.8, 4) is 11.3 Å². The van der Waals surface area contributed by atoms with E-state index in [4.69, 9.17) is 14.5 Å². The van der Waals surface area contributed by atoms with Crippen molar-refractivity contribution in [2.45, 2.75) is 50.6 Å². The Morgan fingerprint density at radius 2 is 1.94 bits per heavy atom. The van der Waals surface area contributed by atoms with Crippen LogP contribution in [-0.4, -0.2) is 62.1 Å². The van der Waals surface area contributed by atoms with Crippen molar-refractivity contribution >= 4 is 22.3 Å². The summed E-state index contributed by atoms with van der Waals surface area (Å²) in [4.78, 5) is 9.35. The highest BCUT2D eigenvalue weighted by Gasteiger charge is 2.21. The van der Waals surface area contributed by atoms with Gasteiger partial charge in [-0.2, -0.15) is 0 Å². The van der Waals surface area contributed by atoms with E-state index in [1.807, 2.05) is 12.3 Å². The third-order valence-electron chi connectivity index (χ3n) is 6.26. The molecule has 3 N–H and O–H groups in total. The van der Waals surface area contributed by atoms with E-state index in [1.165, 1.54) is 12.8 Å². The summed E-state index contributed by atoms with van der Waals surface area (Å²) in [5.41, 5.74) is 2.12. The Morgan fingerprint density at radius 1 is 1.13 bits per heavy atom. The third kappa shape index (κ3) is 6.87. The van der Waals surface area contributed by atoms with E-state index in [0.717, 1.165) is 80.8 Å². The number of nitrogens with one attached hydrogen (secondary N) is 3. The Labute approximate surface area is 189 Å². The van der Waals surface area contributed by atoms with Crippen LogP contribution in [-0.2, 0) is 9.47 Å². The molecule has 3 heterocycles. The Bertz CT molecular complexity index is 788. The number of hydrogen-bond donors (Lipinski definition) is 3. The number of aromatic nitrogens is 2. The van der Waals surface area contributed by atoms with Gasteiger partial charge in [0.25, 0.3) is 0 Å². The van der Waals surface area contributed by atoms with Gasteiger partial charge in [-0.15, -0.1) is 11.3 Å². The van der Waals surface area contributed by atoms with Crippen LogP contribution in [0.25, 0.3) is 11.3 Å². The molecule has 8 heteroatoms. The van der Waals surface area contributed by atoms with Crippen LogP contribution in [0.15, 0.2) is 23.7 Å².